The second kappa shape index (κ2) is 6.08. The molecule has 0 N–H and O–H groups in total. The summed E-state index contributed by atoms with van der Waals surface area (Å²) >= 11 is 0. The monoisotopic (exact) mass is 410 g/mol. The Morgan fingerprint density at radius 1 is 0.625 bits per heavy atom. The lowest BCUT2D eigenvalue weighted by Gasteiger charge is -2.21. The van der Waals surface area contributed by atoms with E-state index in [2.05, 4.69) is 108 Å². The average Bonchev–Trinajstić information content (AvgIpc) is 3.26. The van der Waals surface area contributed by atoms with E-state index < -0.39 is 0 Å². The Morgan fingerprint density at radius 2 is 1.41 bits per heavy atom. The topological polar surface area (TPSA) is 17.8 Å². The van der Waals surface area contributed by atoms with Crippen LogP contribution in [-0.2, 0) is 5.41 Å². The molecule has 0 amide bonds. The number of hydrogen-bond donors (Lipinski definition) is 0. The van der Waals surface area contributed by atoms with Crippen molar-refractivity contribution in [3.05, 3.63) is 108 Å². The van der Waals surface area contributed by atoms with E-state index >= 15 is 0 Å². The fourth-order valence-electron chi connectivity index (χ4n) is 5.65. The van der Waals surface area contributed by atoms with Crippen molar-refractivity contribution in [2.24, 2.45) is 0 Å². The molecule has 0 saturated heterocycles. The first-order valence-corrected chi connectivity index (χ1v) is 11.2. The van der Waals surface area contributed by atoms with E-state index in [-0.39, 0.29) is 5.41 Å². The van der Waals surface area contributed by atoms with Crippen molar-refractivity contribution in [3.8, 4) is 16.9 Å². The van der Waals surface area contributed by atoms with Gasteiger partial charge in [-0.3, -0.25) is 4.57 Å². The lowest BCUT2D eigenvalue weighted by Crippen LogP contribution is -2.14. The minimum atomic E-state index is 0.0109. The molecular weight excluding hydrogens is 388 g/mol. The fourth-order valence-corrected chi connectivity index (χ4v) is 5.65. The van der Waals surface area contributed by atoms with Crippen molar-refractivity contribution in [2.75, 3.05) is 0 Å². The summed E-state index contributed by atoms with van der Waals surface area (Å²) in [5.41, 5.74) is 7.95. The van der Waals surface area contributed by atoms with Crippen LogP contribution < -0.4 is 0 Å². The molecule has 0 radical (unpaired) electrons. The van der Waals surface area contributed by atoms with Crippen LogP contribution in [0.2, 0.25) is 0 Å². The lowest BCUT2D eigenvalue weighted by molar-refractivity contribution is 0.661. The van der Waals surface area contributed by atoms with Gasteiger partial charge in [0.1, 0.15) is 5.82 Å². The van der Waals surface area contributed by atoms with Crippen molar-refractivity contribution in [1.82, 2.24) is 9.55 Å². The predicted octanol–water partition coefficient (Wildman–Crippen LogP) is 7.64. The van der Waals surface area contributed by atoms with E-state index in [4.69, 9.17) is 0 Å². The normalized spacial score (nSPS) is 14.2. The van der Waals surface area contributed by atoms with Crippen molar-refractivity contribution in [1.29, 1.82) is 0 Å². The standard InChI is InChI=1S/C30H22N2/c1-30(2)25-11-5-3-9-21(25)23-15-20-18-28-24(16-19(20)17-26(23)30)22-10-4-6-12-27(22)32(28)29-13-7-8-14-31-29/h3-18H,1-2H3. The summed E-state index contributed by atoms with van der Waals surface area (Å²) in [5, 5.41) is 5.09. The molecule has 6 aromatic rings. The first-order chi connectivity index (χ1) is 15.6. The van der Waals surface area contributed by atoms with E-state index in [9.17, 15) is 0 Å². The molecule has 2 nitrogen and oxygen atoms in total. The van der Waals surface area contributed by atoms with E-state index in [1.165, 1.54) is 54.8 Å². The van der Waals surface area contributed by atoms with Crippen LogP contribution in [0.3, 0.4) is 0 Å². The SMILES string of the molecule is CC1(C)c2ccccc2-c2cc3cc4c(cc3cc21)c1ccccc1n4-c1ccccn1. The second-order valence-corrected chi connectivity index (χ2v) is 9.33. The number of fused-ring (bicyclic) bond motifs is 7. The maximum atomic E-state index is 4.67. The molecule has 1 aliphatic rings. The third kappa shape index (κ3) is 2.22. The minimum absolute atomic E-state index is 0.0109. The molecule has 4 aromatic carbocycles. The van der Waals surface area contributed by atoms with Crippen LogP contribution in [0.4, 0.5) is 0 Å². The van der Waals surface area contributed by atoms with E-state index in [1.54, 1.807) is 0 Å². The number of benzene rings is 4. The summed E-state index contributed by atoms with van der Waals surface area (Å²) < 4.78 is 2.29. The van der Waals surface area contributed by atoms with Gasteiger partial charge < -0.3 is 0 Å². The van der Waals surface area contributed by atoms with Crippen LogP contribution in [0.5, 0.6) is 0 Å². The molecule has 152 valence electrons. The summed E-state index contributed by atoms with van der Waals surface area (Å²) in [6, 6.07) is 33.1. The lowest BCUT2D eigenvalue weighted by atomic mass is 9.82. The Morgan fingerprint density at radius 3 is 2.28 bits per heavy atom. The number of hydrogen-bond acceptors (Lipinski definition) is 1. The van der Waals surface area contributed by atoms with Gasteiger partial charge in [0.15, 0.2) is 0 Å². The molecule has 0 fully saturated rings. The summed E-state index contributed by atoms with van der Waals surface area (Å²) in [7, 11) is 0. The van der Waals surface area contributed by atoms with Gasteiger partial charge in [-0.1, -0.05) is 62.4 Å². The molecule has 7 rings (SSSR count). The van der Waals surface area contributed by atoms with Crippen molar-refractivity contribution >= 4 is 32.6 Å². The molecule has 0 unspecified atom stereocenters. The van der Waals surface area contributed by atoms with Gasteiger partial charge in [-0.05, 0) is 75.5 Å². The van der Waals surface area contributed by atoms with Crippen LogP contribution in [-0.4, -0.2) is 9.55 Å². The maximum Gasteiger partial charge on any atom is 0.137 e. The Hall–Kier alpha value is -3.91. The molecule has 0 aliphatic heterocycles. The number of aromatic nitrogens is 2. The van der Waals surface area contributed by atoms with E-state index in [0.29, 0.717) is 0 Å². The molecule has 0 atom stereocenters. The van der Waals surface area contributed by atoms with E-state index in [0.717, 1.165) is 5.82 Å². The molecule has 0 spiro atoms. The third-order valence-corrected chi connectivity index (χ3v) is 7.21. The predicted molar refractivity (Wildman–Crippen MR) is 134 cm³/mol. The summed E-state index contributed by atoms with van der Waals surface area (Å²) in [4.78, 5) is 4.67. The molecule has 0 bridgehead atoms. The molecule has 2 heteroatoms. The highest BCUT2D eigenvalue weighted by atomic mass is 15.1. The van der Waals surface area contributed by atoms with Crippen molar-refractivity contribution < 1.29 is 0 Å². The number of nitrogens with zero attached hydrogens (tertiary/aromatic N) is 2. The third-order valence-electron chi connectivity index (χ3n) is 7.21. The van der Waals surface area contributed by atoms with Crippen LogP contribution in [0.1, 0.15) is 25.0 Å². The largest absolute Gasteiger partial charge is 0.294 e. The Kier molecular flexibility index (Phi) is 3.37. The Balaban J connectivity index is 1.61. The molecule has 0 saturated carbocycles. The van der Waals surface area contributed by atoms with Crippen LogP contribution in [0.15, 0.2) is 97.2 Å². The summed E-state index contributed by atoms with van der Waals surface area (Å²) in [5.74, 6) is 0.950. The average molecular weight is 411 g/mol. The van der Waals surface area contributed by atoms with Crippen LogP contribution in [0.25, 0.3) is 49.5 Å². The van der Waals surface area contributed by atoms with Crippen molar-refractivity contribution in [3.63, 3.8) is 0 Å². The number of para-hydroxylation sites is 1. The zero-order valence-corrected chi connectivity index (χ0v) is 18.1. The quantitative estimate of drug-likeness (QED) is 0.272. The zero-order chi connectivity index (χ0) is 21.4. The van der Waals surface area contributed by atoms with Gasteiger partial charge >= 0.3 is 0 Å². The highest BCUT2D eigenvalue weighted by Crippen LogP contribution is 2.50. The first kappa shape index (κ1) is 17.7. The highest BCUT2D eigenvalue weighted by molar-refractivity contribution is 6.14. The number of pyridine rings is 1. The first-order valence-electron chi connectivity index (χ1n) is 11.2. The van der Waals surface area contributed by atoms with Gasteiger partial charge in [0, 0.05) is 22.4 Å². The Labute approximate surface area is 186 Å². The zero-order valence-electron chi connectivity index (χ0n) is 18.1. The summed E-state index contributed by atoms with van der Waals surface area (Å²) in [6.07, 6.45) is 1.86. The molecule has 1 aliphatic carbocycles. The Bertz CT molecular complexity index is 1690. The van der Waals surface area contributed by atoms with Crippen LogP contribution >= 0.6 is 0 Å². The van der Waals surface area contributed by atoms with Crippen LogP contribution in [0, 0.1) is 0 Å². The number of rotatable bonds is 1. The van der Waals surface area contributed by atoms with Gasteiger partial charge in [-0.2, -0.15) is 0 Å². The molecule has 32 heavy (non-hydrogen) atoms. The molecular formula is C30H22N2. The second-order valence-electron chi connectivity index (χ2n) is 9.33. The fraction of sp³-hybridized carbons (Fsp3) is 0.100. The highest BCUT2D eigenvalue weighted by Gasteiger charge is 2.35. The summed E-state index contributed by atoms with van der Waals surface area (Å²) in [6.45, 7) is 4.68. The molecule has 2 aromatic heterocycles. The van der Waals surface area contributed by atoms with E-state index in [1.807, 2.05) is 12.3 Å². The minimum Gasteiger partial charge on any atom is -0.294 e. The molecule has 2 heterocycles. The van der Waals surface area contributed by atoms with Gasteiger partial charge in [-0.15, -0.1) is 0 Å². The van der Waals surface area contributed by atoms with Crippen molar-refractivity contribution in [2.45, 2.75) is 19.3 Å². The maximum absolute atomic E-state index is 4.67. The van der Waals surface area contributed by atoms with Gasteiger partial charge in [-0.25, -0.2) is 4.98 Å². The van der Waals surface area contributed by atoms with Gasteiger partial charge in [0.05, 0.1) is 11.0 Å². The van der Waals surface area contributed by atoms with Gasteiger partial charge in [0.25, 0.3) is 0 Å². The smallest absolute Gasteiger partial charge is 0.137 e. The van der Waals surface area contributed by atoms with Gasteiger partial charge in [0.2, 0.25) is 0 Å².